The van der Waals surface area contributed by atoms with Crippen molar-refractivity contribution >= 4 is 11.6 Å². The van der Waals surface area contributed by atoms with Crippen molar-refractivity contribution in [3.8, 4) is 0 Å². The first kappa shape index (κ1) is 14.6. The molecule has 2 aromatic rings. The maximum absolute atomic E-state index is 12.9. The summed E-state index contributed by atoms with van der Waals surface area (Å²) in [6, 6.07) is 9.76. The third-order valence-corrected chi connectivity index (χ3v) is 3.60. The molecule has 1 atom stereocenters. The van der Waals surface area contributed by atoms with E-state index in [4.69, 9.17) is 0 Å². The Bertz CT molecular complexity index is 755. The van der Waals surface area contributed by atoms with Crippen molar-refractivity contribution in [1.29, 1.82) is 0 Å². The van der Waals surface area contributed by atoms with Gasteiger partial charge in [0.25, 0.3) is 5.91 Å². The molecule has 1 N–H and O–H groups in total. The number of amides is 1. The van der Waals surface area contributed by atoms with Gasteiger partial charge >= 0.3 is 6.18 Å². The zero-order valence-electron chi connectivity index (χ0n) is 11.6. The van der Waals surface area contributed by atoms with Gasteiger partial charge in [0, 0.05) is 16.8 Å². The molecule has 0 saturated carbocycles. The molecule has 3 rings (SSSR count). The van der Waals surface area contributed by atoms with Crippen molar-refractivity contribution in [2.75, 3.05) is 4.90 Å². The van der Waals surface area contributed by atoms with Crippen LogP contribution in [0.1, 0.15) is 33.3 Å². The van der Waals surface area contributed by atoms with Crippen LogP contribution in [0.4, 0.5) is 18.9 Å². The average Bonchev–Trinajstić information content (AvgIpc) is 2.70. The summed E-state index contributed by atoms with van der Waals surface area (Å²) in [6.07, 6.45) is -5.80. The van der Waals surface area contributed by atoms with Gasteiger partial charge in [0.15, 0.2) is 6.23 Å². The van der Waals surface area contributed by atoms with Gasteiger partial charge in [0.2, 0.25) is 0 Å². The summed E-state index contributed by atoms with van der Waals surface area (Å²) in [4.78, 5) is 13.3. The quantitative estimate of drug-likeness (QED) is 0.873. The number of alkyl halides is 3. The zero-order chi connectivity index (χ0) is 16.1. The highest BCUT2D eigenvalue weighted by Gasteiger charge is 2.38. The summed E-state index contributed by atoms with van der Waals surface area (Å²) < 4.78 is 38.8. The average molecular weight is 307 g/mol. The van der Waals surface area contributed by atoms with E-state index in [1.807, 2.05) is 0 Å². The number of carbonyl (C=O) groups excluding carboxylic acids is 1. The molecule has 0 saturated heterocycles. The Kier molecular flexibility index (Phi) is 3.21. The molecule has 1 amide bonds. The zero-order valence-corrected chi connectivity index (χ0v) is 11.6. The van der Waals surface area contributed by atoms with E-state index in [9.17, 15) is 23.1 Å². The van der Waals surface area contributed by atoms with Crippen LogP contribution in [0.2, 0.25) is 0 Å². The van der Waals surface area contributed by atoms with Gasteiger partial charge in [-0.15, -0.1) is 0 Å². The molecule has 0 fully saturated rings. The number of aliphatic hydroxyl groups excluding tert-OH is 1. The van der Waals surface area contributed by atoms with Crippen molar-refractivity contribution in [3.05, 3.63) is 64.7 Å². The summed E-state index contributed by atoms with van der Waals surface area (Å²) in [6.45, 7) is 1.51. The second-order valence-corrected chi connectivity index (χ2v) is 5.19. The van der Waals surface area contributed by atoms with Gasteiger partial charge in [-0.25, -0.2) is 0 Å². The van der Waals surface area contributed by atoms with Gasteiger partial charge in [-0.1, -0.05) is 18.2 Å². The Labute approximate surface area is 124 Å². The third kappa shape index (κ3) is 2.25. The van der Waals surface area contributed by atoms with Gasteiger partial charge in [-0.05, 0) is 36.8 Å². The van der Waals surface area contributed by atoms with Gasteiger partial charge in [0.05, 0.1) is 5.56 Å². The number of hydrogen-bond acceptors (Lipinski definition) is 2. The first-order chi connectivity index (χ1) is 10.3. The molecule has 6 heteroatoms. The fourth-order valence-corrected chi connectivity index (χ4v) is 2.62. The van der Waals surface area contributed by atoms with E-state index in [2.05, 4.69) is 0 Å². The molecule has 0 spiro atoms. The van der Waals surface area contributed by atoms with Crippen LogP contribution in [0.3, 0.4) is 0 Å². The molecule has 22 heavy (non-hydrogen) atoms. The number of anilines is 1. The Morgan fingerprint density at radius 2 is 1.82 bits per heavy atom. The fourth-order valence-electron chi connectivity index (χ4n) is 2.62. The maximum atomic E-state index is 12.9. The number of carbonyl (C=O) groups is 1. The van der Waals surface area contributed by atoms with E-state index in [1.54, 1.807) is 24.3 Å². The lowest BCUT2D eigenvalue weighted by molar-refractivity contribution is -0.137. The number of halogens is 3. The number of fused-ring (bicyclic) bond motifs is 1. The van der Waals surface area contributed by atoms with Crippen molar-refractivity contribution < 1.29 is 23.1 Å². The third-order valence-electron chi connectivity index (χ3n) is 3.60. The van der Waals surface area contributed by atoms with E-state index in [0.29, 0.717) is 16.7 Å². The van der Waals surface area contributed by atoms with Gasteiger partial charge in [-0.3, -0.25) is 9.69 Å². The highest BCUT2D eigenvalue weighted by atomic mass is 19.4. The smallest absolute Gasteiger partial charge is 0.369 e. The molecule has 1 aliphatic heterocycles. The highest BCUT2D eigenvalue weighted by molar-refractivity contribution is 6.10. The van der Waals surface area contributed by atoms with Crippen molar-refractivity contribution in [3.63, 3.8) is 0 Å². The van der Waals surface area contributed by atoms with Crippen LogP contribution in [-0.2, 0) is 6.18 Å². The van der Waals surface area contributed by atoms with E-state index in [1.165, 1.54) is 13.0 Å². The van der Waals surface area contributed by atoms with Gasteiger partial charge in [-0.2, -0.15) is 13.2 Å². The minimum atomic E-state index is -4.51. The number of nitrogens with zero attached hydrogens (tertiary/aromatic N) is 1. The van der Waals surface area contributed by atoms with Crippen LogP contribution in [0.5, 0.6) is 0 Å². The van der Waals surface area contributed by atoms with Crippen LogP contribution in [0.25, 0.3) is 0 Å². The lowest BCUT2D eigenvalue weighted by Crippen LogP contribution is -2.28. The number of aryl methyl sites for hydroxylation is 1. The number of hydrogen-bond donors (Lipinski definition) is 1. The van der Waals surface area contributed by atoms with E-state index < -0.39 is 23.9 Å². The molecule has 3 nitrogen and oxygen atoms in total. The van der Waals surface area contributed by atoms with Crippen molar-refractivity contribution in [2.45, 2.75) is 19.3 Å². The maximum Gasteiger partial charge on any atom is 0.416 e. The fraction of sp³-hybridized carbons (Fsp3) is 0.188. The predicted octanol–water partition coefficient (Wildman–Crippen LogP) is 3.67. The highest BCUT2D eigenvalue weighted by Crippen LogP contribution is 2.39. The molecule has 0 aliphatic carbocycles. The monoisotopic (exact) mass is 307 g/mol. The first-order valence-corrected chi connectivity index (χ1v) is 6.58. The Hall–Kier alpha value is -2.34. The molecule has 1 heterocycles. The Morgan fingerprint density at radius 1 is 1.14 bits per heavy atom. The molecular formula is C16H12F3NO2. The molecule has 1 aliphatic rings. The Balaban J connectivity index is 2.10. The van der Waals surface area contributed by atoms with E-state index >= 15 is 0 Å². The summed E-state index contributed by atoms with van der Waals surface area (Å²) in [7, 11) is 0. The minimum absolute atomic E-state index is 0.0287. The minimum Gasteiger partial charge on any atom is -0.369 e. The normalized spacial score (nSPS) is 17.8. The molecule has 0 aromatic heterocycles. The van der Waals surface area contributed by atoms with E-state index in [0.717, 1.165) is 17.0 Å². The van der Waals surface area contributed by atoms with Gasteiger partial charge < -0.3 is 5.11 Å². The van der Waals surface area contributed by atoms with Crippen LogP contribution >= 0.6 is 0 Å². The lowest BCUT2D eigenvalue weighted by atomic mass is 10.1. The molecule has 1 unspecified atom stereocenters. The number of benzene rings is 2. The van der Waals surface area contributed by atoms with Crippen LogP contribution < -0.4 is 4.90 Å². The standard InChI is InChI=1S/C16H12F3NO2/c1-9-6-10(16(17,18)19)8-11(7-9)20-14(21)12-4-2-3-5-13(12)15(20)22/h2-8,14,21H,1H3. The lowest BCUT2D eigenvalue weighted by Gasteiger charge is -2.22. The summed E-state index contributed by atoms with van der Waals surface area (Å²) in [5.41, 5.74) is 0.230. The van der Waals surface area contributed by atoms with Crippen LogP contribution in [0, 0.1) is 6.92 Å². The largest absolute Gasteiger partial charge is 0.416 e. The molecule has 2 aromatic carbocycles. The van der Waals surface area contributed by atoms with Gasteiger partial charge in [0.1, 0.15) is 0 Å². The Morgan fingerprint density at radius 3 is 2.45 bits per heavy atom. The first-order valence-electron chi connectivity index (χ1n) is 6.58. The topological polar surface area (TPSA) is 40.5 Å². The number of rotatable bonds is 1. The van der Waals surface area contributed by atoms with E-state index in [-0.39, 0.29) is 5.69 Å². The van der Waals surface area contributed by atoms with Crippen molar-refractivity contribution in [2.24, 2.45) is 0 Å². The van der Waals surface area contributed by atoms with Crippen LogP contribution in [0.15, 0.2) is 42.5 Å². The molecule has 0 bridgehead atoms. The summed E-state index contributed by atoms with van der Waals surface area (Å²) >= 11 is 0. The van der Waals surface area contributed by atoms with Crippen molar-refractivity contribution in [1.82, 2.24) is 0 Å². The SMILES string of the molecule is Cc1cc(N2C(=O)c3ccccc3C2O)cc(C(F)(F)F)c1. The van der Waals surface area contributed by atoms with Crippen LogP contribution in [-0.4, -0.2) is 11.0 Å². The molecule has 114 valence electrons. The second kappa shape index (κ2) is 4.84. The number of aliphatic hydroxyl groups is 1. The summed E-state index contributed by atoms with van der Waals surface area (Å²) in [5, 5.41) is 10.3. The summed E-state index contributed by atoms with van der Waals surface area (Å²) in [5.74, 6) is -0.512. The predicted molar refractivity (Wildman–Crippen MR) is 74.4 cm³/mol. The molecule has 0 radical (unpaired) electrons. The second-order valence-electron chi connectivity index (χ2n) is 5.19. The molecular weight excluding hydrogens is 295 g/mol.